The minimum absolute atomic E-state index is 0.276. The van der Waals surface area contributed by atoms with Crippen LogP contribution in [-0.2, 0) is 21.0 Å². The molecule has 0 aliphatic heterocycles. The first-order valence-electron chi connectivity index (χ1n) is 8.58. The maximum Gasteiger partial charge on any atom is 0.416 e. The summed E-state index contributed by atoms with van der Waals surface area (Å²) < 4.78 is 74.6. The molecule has 0 spiro atoms. The van der Waals surface area contributed by atoms with Gasteiger partial charge in [0.15, 0.2) is 11.5 Å². The lowest BCUT2D eigenvalue weighted by molar-refractivity contribution is -0.137. The van der Waals surface area contributed by atoms with Gasteiger partial charge in [0.2, 0.25) is 15.9 Å². The molecule has 0 saturated carbocycles. The van der Waals surface area contributed by atoms with Gasteiger partial charge < -0.3 is 14.8 Å². The molecule has 2 aromatic carbocycles. The molecule has 0 heterocycles. The van der Waals surface area contributed by atoms with Crippen LogP contribution < -0.4 is 19.1 Å². The van der Waals surface area contributed by atoms with Gasteiger partial charge in [-0.25, -0.2) is 8.42 Å². The van der Waals surface area contributed by atoms with Gasteiger partial charge in [0.05, 0.1) is 31.7 Å². The van der Waals surface area contributed by atoms with Crippen molar-refractivity contribution >= 4 is 27.3 Å². The third kappa shape index (κ3) is 5.35. The van der Waals surface area contributed by atoms with Crippen LogP contribution in [0, 0.1) is 0 Å². The molecule has 2 aromatic rings. The predicted octanol–water partition coefficient (Wildman–Crippen LogP) is 3.52. The Morgan fingerprint density at radius 2 is 1.70 bits per heavy atom. The summed E-state index contributed by atoms with van der Waals surface area (Å²) in [6.45, 7) is 1.28. The Labute approximate surface area is 172 Å². The normalized spacial score (nSPS) is 12.8. The second-order valence-electron chi connectivity index (χ2n) is 6.34. The Morgan fingerprint density at radius 3 is 2.23 bits per heavy atom. The molecular formula is C19H21F3N2O5S. The van der Waals surface area contributed by atoms with Crippen molar-refractivity contribution in [1.29, 1.82) is 0 Å². The number of anilines is 2. The number of nitrogens with zero attached hydrogens (tertiary/aromatic N) is 1. The monoisotopic (exact) mass is 446 g/mol. The molecule has 0 aromatic heterocycles. The molecule has 2 rings (SSSR count). The summed E-state index contributed by atoms with van der Waals surface area (Å²) in [5.41, 5.74) is -1.01. The number of halogens is 3. The summed E-state index contributed by atoms with van der Waals surface area (Å²) in [4.78, 5) is 12.7. The molecular weight excluding hydrogens is 425 g/mol. The Bertz CT molecular complexity index is 1030. The maximum atomic E-state index is 13.0. The molecule has 30 heavy (non-hydrogen) atoms. The number of amides is 1. The first-order chi connectivity index (χ1) is 13.9. The lowest BCUT2D eigenvalue weighted by Gasteiger charge is -2.28. The van der Waals surface area contributed by atoms with Crippen LogP contribution >= 0.6 is 0 Å². The quantitative estimate of drug-likeness (QED) is 0.704. The van der Waals surface area contributed by atoms with Crippen molar-refractivity contribution < 1.29 is 35.9 Å². The van der Waals surface area contributed by atoms with Crippen molar-refractivity contribution in [2.75, 3.05) is 30.1 Å². The van der Waals surface area contributed by atoms with Crippen LogP contribution in [-0.4, -0.2) is 40.8 Å². The van der Waals surface area contributed by atoms with Crippen molar-refractivity contribution in [2.24, 2.45) is 0 Å². The molecule has 0 bridgehead atoms. The van der Waals surface area contributed by atoms with Crippen LogP contribution in [0.15, 0.2) is 42.5 Å². The number of nitrogens with one attached hydrogen (secondary N) is 1. The van der Waals surface area contributed by atoms with Gasteiger partial charge >= 0.3 is 6.18 Å². The standard InChI is InChI=1S/C19H21F3N2O5S/c1-12(18(25)23-14-8-9-16(28-2)17(11-14)29-3)24(30(4,26)27)15-7-5-6-13(10-15)19(20,21)22/h5-12H,1-4H3,(H,23,25)/t12-/m1/s1. The zero-order valence-electron chi connectivity index (χ0n) is 16.6. The molecule has 0 aliphatic rings. The zero-order chi connectivity index (χ0) is 22.7. The van der Waals surface area contributed by atoms with Gasteiger partial charge in [0, 0.05) is 11.8 Å². The van der Waals surface area contributed by atoms with E-state index in [0.29, 0.717) is 27.6 Å². The molecule has 7 nitrogen and oxygen atoms in total. The fourth-order valence-corrected chi connectivity index (χ4v) is 3.96. The summed E-state index contributed by atoms with van der Waals surface area (Å²) in [6.07, 6.45) is -3.85. The lowest BCUT2D eigenvalue weighted by Crippen LogP contribution is -2.45. The van der Waals surface area contributed by atoms with Crippen LogP contribution in [0.25, 0.3) is 0 Å². The topological polar surface area (TPSA) is 84.9 Å². The summed E-state index contributed by atoms with van der Waals surface area (Å²) in [7, 11) is -1.23. The molecule has 1 amide bonds. The first kappa shape index (κ1) is 23.3. The Hall–Kier alpha value is -2.95. The number of benzene rings is 2. The lowest BCUT2D eigenvalue weighted by atomic mass is 10.1. The highest BCUT2D eigenvalue weighted by atomic mass is 32.2. The van der Waals surface area contributed by atoms with Gasteiger partial charge in [-0.05, 0) is 37.3 Å². The fraction of sp³-hybridized carbons (Fsp3) is 0.316. The highest BCUT2D eigenvalue weighted by Crippen LogP contribution is 2.33. The van der Waals surface area contributed by atoms with Crippen LogP contribution in [0.5, 0.6) is 11.5 Å². The van der Waals surface area contributed by atoms with E-state index >= 15 is 0 Å². The molecule has 164 valence electrons. The molecule has 11 heteroatoms. The summed E-state index contributed by atoms with van der Waals surface area (Å²) in [6, 6.07) is 6.96. The van der Waals surface area contributed by atoms with Crippen LogP contribution in [0.4, 0.5) is 24.5 Å². The van der Waals surface area contributed by atoms with E-state index in [2.05, 4.69) is 5.32 Å². The van der Waals surface area contributed by atoms with Gasteiger partial charge in [0.25, 0.3) is 0 Å². The number of alkyl halides is 3. The van der Waals surface area contributed by atoms with Crippen LogP contribution in [0.2, 0.25) is 0 Å². The van der Waals surface area contributed by atoms with E-state index in [1.165, 1.54) is 39.3 Å². The van der Waals surface area contributed by atoms with E-state index in [9.17, 15) is 26.4 Å². The van der Waals surface area contributed by atoms with Gasteiger partial charge in [-0.1, -0.05) is 6.07 Å². The van der Waals surface area contributed by atoms with E-state index in [0.717, 1.165) is 18.4 Å². The van der Waals surface area contributed by atoms with Gasteiger partial charge in [-0.3, -0.25) is 9.10 Å². The van der Waals surface area contributed by atoms with Crippen molar-refractivity contribution in [2.45, 2.75) is 19.1 Å². The predicted molar refractivity (Wildman–Crippen MR) is 106 cm³/mol. The van der Waals surface area contributed by atoms with Gasteiger partial charge in [-0.2, -0.15) is 13.2 Å². The van der Waals surface area contributed by atoms with Crippen LogP contribution in [0.3, 0.4) is 0 Å². The largest absolute Gasteiger partial charge is 0.493 e. The number of hydrogen-bond donors (Lipinski definition) is 1. The third-order valence-electron chi connectivity index (χ3n) is 4.17. The molecule has 0 saturated heterocycles. The molecule has 0 unspecified atom stereocenters. The van der Waals surface area contributed by atoms with E-state index in [1.54, 1.807) is 6.07 Å². The number of rotatable bonds is 7. The second-order valence-corrected chi connectivity index (χ2v) is 8.20. The molecule has 0 aliphatic carbocycles. The molecule has 0 radical (unpaired) electrons. The number of carbonyl (C=O) groups excluding carboxylic acids is 1. The van der Waals surface area contributed by atoms with Crippen molar-refractivity contribution in [3.8, 4) is 11.5 Å². The van der Waals surface area contributed by atoms with E-state index in [4.69, 9.17) is 9.47 Å². The number of hydrogen-bond acceptors (Lipinski definition) is 5. The maximum absolute atomic E-state index is 13.0. The Kier molecular flexibility index (Phi) is 6.86. The minimum atomic E-state index is -4.66. The summed E-state index contributed by atoms with van der Waals surface area (Å²) >= 11 is 0. The molecule has 0 fully saturated rings. The Balaban J connectivity index is 2.37. The highest BCUT2D eigenvalue weighted by molar-refractivity contribution is 7.92. The van der Waals surface area contributed by atoms with E-state index in [1.807, 2.05) is 0 Å². The van der Waals surface area contributed by atoms with Crippen molar-refractivity contribution in [1.82, 2.24) is 0 Å². The first-order valence-corrected chi connectivity index (χ1v) is 10.4. The van der Waals surface area contributed by atoms with E-state index in [-0.39, 0.29) is 5.69 Å². The summed E-state index contributed by atoms with van der Waals surface area (Å²) in [5.74, 6) is 0.0103. The number of ether oxygens (including phenoxy) is 2. The zero-order valence-corrected chi connectivity index (χ0v) is 17.5. The van der Waals surface area contributed by atoms with Gasteiger partial charge in [0.1, 0.15) is 6.04 Å². The average Bonchev–Trinajstić information content (AvgIpc) is 2.66. The van der Waals surface area contributed by atoms with Gasteiger partial charge in [-0.15, -0.1) is 0 Å². The van der Waals surface area contributed by atoms with E-state index < -0.39 is 33.7 Å². The molecule has 1 N–H and O–H groups in total. The van der Waals surface area contributed by atoms with Crippen molar-refractivity contribution in [3.63, 3.8) is 0 Å². The van der Waals surface area contributed by atoms with Crippen LogP contribution in [0.1, 0.15) is 12.5 Å². The SMILES string of the molecule is COc1ccc(NC(=O)[C@@H](C)N(c2cccc(C(F)(F)F)c2)S(C)(=O)=O)cc1OC. The van der Waals surface area contributed by atoms with Crippen molar-refractivity contribution in [3.05, 3.63) is 48.0 Å². The third-order valence-corrected chi connectivity index (χ3v) is 5.41. The molecule has 1 atom stereocenters. The number of carbonyl (C=O) groups is 1. The summed E-state index contributed by atoms with van der Waals surface area (Å²) in [5, 5.41) is 2.53. The minimum Gasteiger partial charge on any atom is -0.493 e. The number of methoxy groups -OCH3 is 2. The second kappa shape index (κ2) is 8.82. The fourth-order valence-electron chi connectivity index (χ4n) is 2.79. The number of sulfonamides is 1. The Morgan fingerprint density at radius 1 is 1.07 bits per heavy atom. The smallest absolute Gasteiger partial charge is 0.416 e. The highest BCUT2D eigenvalue weighted by Gasteiger charge is 2.34. The average molecular weight is 446 g/mol.